The first-order valence-corrected chi connectivity index (χ1v) is 5.86. The van der Waals surface area contributed by atoms with Gasteiger partial charge in [0, 0.05) is 19.7 Å². The van der Waals surface area contributed by atoms with E-state index in [-0.39, 0.29) is 12.4 Å². The summed E-state index contributed by atoms with van der Waals surface area (Å²) in [6.07, 6.45) is 6.40. The molecule has 4 heteroatoms. The standard InChI is InChI=1S/C12H20N2O2/c1-3-4-5-6-7-14-8-11(9-15)13-12(14)10(2)16/h8,15H,3-7,9H2,1-2H3. The number of carbonyl (C=O) groups is 1. The maximum Gasteiger partial charge on any atom is 0.195 e. The first kappa shape index (κ1) is 12.9. The molecule has 4 nitrogen and oxygen atoms in total. The quantitative estimate of drug-likeness (QED) is 0.570. The topological polar surface area (TPSA) is 55.1 Å². The van der Waals surface area contributed by atoms with Crippen molar-refractivity contribution in [2.24, 2.45) is 0 Å². The molecule has 0 amide bonds. The van der Waals surface area contributed by atoms with Crippen molar-refractivity contribution in [2.75, 3.05) is 0 Å². The number of hydrogen-bond acceptors (Lipinski definition) is 3. The molecule has 1 rings (SSSR count). The third-order valence-electron chi connectivity index (χ3n) is 2.56. The van der Waals surface area contributed by atoms with E-state index in [1.54, 1.807) is 6.20 Å². The Kier molecular flexibility index (Phi) is 5.19. The minimum Gasteiger partial charge on any atom is -0.390 e. The molecule has 16 heavy (non-hydrogen) atoms. The van der Waals surface area contributed by atoms with E-state index in [0.717, 1.165) is 13.0 Å². The van der Waals surface area contributed by atoms with Gasteiger partial charge in [-0.25, -0.2) is 4.98 Å². The van der Waals surface area contributed by atoms with E-state index in [4.69, 9.17) is 5.11 Å². The van der Waals surface area contributed by atoms with Gasteiger partial charge in [0.25, 0.3) is 0 Å². The van der Waals surface area contributed by atoms with Crippen molar-refractivity contribution >= 4 is 5.78 Å². The van der Waals surface area contributed by atoms with Crippen LogP contribution in [0.25, 0.3) is 0 Å². The number of ketones is 1. The van der Waals surface area contributed by atoms with Crippen LogP contribution in [0, 0.1) is 0 Å². The zero-order chi connectivity index (χ0) is 12.0. The Hall–Kier alpha value is -1.16. The highest BCUT2D eigenvalue weighted by Crippen LogP contribution is 2.08. The molecule has 0 aliphatic carbocycles. The molecule has 0 bridgehead atoms. The van der Waals surface area contributed by atoms with E-state index in [0.29, 0.717) is 11.5 Å². The van der Waals surface area contributed by atoms with Gasteiger partial charge in [-0.1, -0.05) is 26.2 Å². The highest BCUT2D eigenvalue weighted by molar-refractivity contribution is 5.90. The zero-order valence-corrected chi connectivity index (χ0v) is 10.1. The van der Waals surface area contributed by atoms with Gasteiger partial charge in [0.1, 0.15) is 0 Å². The number of aromatic nitrogens is 2. The summed E-state index contributed by atoms with van der Waals surface area (Å²) in [5.41, 5.74) is 0.570. The van der Waals surface area contributed by atoms with Crippen molar-refractivity contribution in [1.29, 1.82) is 0 Å². The predicted molar refractivity (Wildman–Crippen MR) is 62.3 cm³/mol. The van der Waals surface area contributed by atoms with Crippen LogP contribution in [0.15, 0.2) is 6.20 Å². The van der Waals surface area contributed by atoms with E-state index < -0.39 is 0 Å². The number of aliphatic hydroxyl groups excluding tert-OH is 1. The van der Waals surface area contributed by atoms with Crippen LogP contribution >= 0.6 is 0 Å². The number of hydrogen-bond donors (Lipinski definition) is 1. The summed E-state index contributed by atoms with van der Waals surface area (Å²) in [6, 6.07) is 0. The third kappa shape index (κ3) is 3.45. The molecule has 1 N–H and O–H groups in total. The normalized spacial score (nSPS) is 10.7. The van der Waals surface area contributed by atoms with Gasteiger partial charge in [-0.3, -0.25) is 4.79 Å². The second kappa shape index (κ2) is 6.43. The highest BCUT2D eigenvalue weighted by Gasteiger charge is 2.10. The average Bonchev–Trinajstić information content (AvgIpc) is 2.68. The van der Waals surface area contributed by atoms with Crippen molar-refractivity contribution < 1.29 is 9.90 Å². The van der Waals surface area contributed by atoms with E-state index in [1.165, 1.54) is 26.2 Å². The number of imidazole rings is 1. The van der Waals surface area contributed by atoms with Crippen LogP contribution in [0.5, 0.6) is 0 Å². The molecule has 0 atom stereocenters. The number of carbonyl (C=O) groups excluding carboxylic acids is 1. The van der Waals surface area contributed by atoms with Gasteiger partial charge in [0.15, 0.2) is 11.6 Å². The second-order valence-corrected chi connectivity index (χ2v) is 4.02. The van der Waals surface area contributed by atoms with Gasteiger partial charge >= 0.3 is 0 Å². The Labute approximate surface area is 96.3 Å². The molecule has 0 aliphatic rings. The Bertz CT molecular complexity index is 345. The fourth-order valence-corrected chi connectivity index (χ4v) is 1.71. The van der Waals surface area contributed by atoms with Crippen LogP contribution in [0.1, 0.15) is 55.8 Å². The minimum absolute atomic E-state index is 0.0461. The number of aliphatic hydroxyl groups is 1. The van der Waals surface area contributed by atoms with Crippen LogP contribution < -0.4 is 0 Å². The predicted octanol–water partition coefficient (Wildman–Crippen LogP) is 2.16. The number of Topliss-reactive ketones (excluding diaryl/α,β-unsaturated/α-hetero) is 1. The monoisotopic (exact) mass is 224 g/mol. The fraction of sp³-hybridized carbons (Fsp3) is 0.667. The van der Waals surface area contributed by atoms with E-state index in [9.17, 15) is 4.79 Å². The van der Waals surface area contributed by atoms with E-state index in [1.807, 2.05) is 4.57 Å². The maximum absolute atomic E-state index is 11.3. The third-order valence-corrected chi connectivity index (χ3v) is 2.56. The van der Waals surface area contributed by atoms with Crippen LogP contribution in [0.3, 0.4) is 0 Å². The van der Waals surface area contributed by atoms with Gasteiger partial charge in [0.05, 0.1) is 12.3 Å². The highest BCUT2D eigenvalue weighted by atomic mass is 16.3. The van der Waals surface area contributed by atoms with Crippen LogP contribution in [0.4, 0.5) is 0 Å². The molecule has 90 valence electrons. The Morgan fingerprint density at radius 2 is 2.19 bits per heavy atom. The lowest BCUT2D eigenvalue weighted by Crippen LogP contribution is -2.07. The first-order valence-electron chi connectivity index (χ1n) is 5.86. The van der Waals surface area contributed by atoms with Gasteiger partial charge in [-0.15, -0.1) is 0 Å². The van der Waals surface area contributed by atoms with E-state index >= 15 is 0 Å². The largest absolute Gasteiger partial charge is 0.390 e. The molecule has 0 aliphatic heterocycles. The fourth-order valence-electron chi connectivity index (χ4n) is 1.71. The molecule has 0 fully saturated rings. The van der Waals surface area contributed by atoms with Crippen molar-refractivity contribution in [3.63, 3.8) is 0 Å². The molecular formula is C12H20N2O2. The molecule has 0 spiro atoms. The number of unbranched alkanes of at least 4 members (excludes halogenated alkanes) is 3. The minimum atomic E-state index is -0.109. The number of rotatable bonds is 7. The van der Waals surface area contributed by atoms with Gasteiger partial charge < -0.3 is 9.67 Å². The number of aryl methyl sites for hydroxylation is 1. The molecular weight excluding hydrogens is 204 g/mol. The van der Waals surface area contributed by atoms with Crippen molar-refractivity contribution in [1.82, 2.24) is 9.55 Å². The van der Waals surface area contributed by atoms with Crippen LogP contribution in [0.2, 0.25) is 0 Å². The van der Waals surface area contributed by atoms with Crippen molar-refractivity contribution in [3.05, 3.63) is 17.7 Å². The molecule has 0 aromatic carbocycles. The summed E-state index contributed by atoms with van der Waals surface area (Å²) in [5.74, 6) is 0.413. The molecule has 0 saturated carbocycles. The maximum atomic E-state index is 11.3. The Morgan fingerprint density at radius 1 is 1.44 bits per heavy atom. The Balaban J connectivity index is 2.62. The smallest absolute Gasteiger partial charge is 0.195 e. The van der Waals surface area contributed by atoms with Crippen LogP contribution in [-0.4, -0.2) is 20.4 Å². The first-order chi connectivity index (χ1) is 7.69. The van der Waals surface area contributed by atoms with Gasteiger partial charge in [-0.2, -0.15) is 0 Å². The lowest BCUT2D eigenvalue weighted by molar-refractivity contribution is 0.0999. The summed E-state index contributed by atoms with van der Waals surface area (Å²) in [7, 11) is 0. The van der Waals surface area contributed by atoms with Gasteiger partial charge in [-0.05, 0) is 6.42 Å². The molecule has 0 saturated heterocycles. The second-order valence-electron chi connectivity index (χ2n) is 4.02. The lowest BCUT2D eigenvalue weighted by atomic mass is 10.2. The molecule has 0 radical (unpaired) electrons. The molecule has 1 heterocycles. The number of nitrogens with zero attached hydrogens (tertiary/aromatic N) is 2. The van der Waals surface area contributed by atoms with Crippen molar-refractivity contribution in [3.8, 4) is 0 Å². The lowest BCUT2D eigenvalue weighted by Gasteiger charge is -2.04. The summed E-state index contributed by atoms with van der Waals surface area (Å²) in [5, 5.41) is 8.98. The summed E-state index contributed by atoms with van der Waals surface area (Å²) in [6.45, 7) is 4.37. The SMILES string of the molecule is CCCCCCn1cc(CO)nc1C(C)=O. The van der Waals surface area contributed by atoms with Crippen LogP contribution in [-0.2, 0) is 13.2 Å². The molecule has 1 aromatic rings. The summed E-state index contributed by atoms with van der Waals surface area (Å²) < 4.78 is 1.85. The summed E-state index contributed by atoms with van der Waals surface area (Å²) in [4.78, 5) is 15.4. The summed E-state index contributed by atoms with van der Waals surface area (Å²) >= 11 is 0. The van der Waals surface area contributed by atoms with Crippen molar-refractivity contribution in [2.45, 2.75) is 52.7 Å². The van der Waals surface area contributed by atoms with E-state index in [2.05, 4.69) is 11.9 Å². The van der Waals surface area contributed by atoms with Gasteiger partial charge in [0.2, 0.25) is 0 Å². The zero-order valence-electron chi connectivity index (χ0n) is 10.1. The average molecular weight is 224 g/mol. The molecule has 1 aromatic heterocycles. The Morgan fingerprint density at radius 3 is 2.75 bits per heavy atom. The molecule has 0 unspecified atom stereocenters.